The number of nitrogens with one attached hydrogen (secondary N) is 1. The summed E-state index contributed by atoms with van der Waals surface area (Å²) in [7, 11) is 1.55. The van der Waals surface area contributed by atoms with Crippen molar-refractivity contribution in [3.05, 3.63) is 29.6 Å². The van der Waals surface area contributed by atoms with E-state index in [0.29, 0.717) is 25.1 Å². The number of carbonyl (C=O) groups is 2. The van der Waals surface area contributed by atoms with Gasteiger partial charge >= 0.3 is 5.97 Å². The van der Waals surface area contributed by atoms with Gasteiger partial charge in [0.15, 0.2) is 0 Å². The molecule has 0 saturated heterocycles. The standard InChI is InChI=1S/C13H18N2O4/c1-9-5-3-6-10(14-9)12(16)15-11(13(17)18)7-4-8-19-2/h3,5-6,11H,4,7-8H2,1-2H3,(H,15,16)(H,17,18). The zero-order valence-electron chi connectivity index (χ0n) is 11.0. The van der Waals surface area contributed by atoms with Gasteiger partial charge in [-0.05, 0) is 31.9 Å². The molecular weight excluding hydrogens is 248 g/mol. The number of nitrogens with zero attached hydrogens (tertiary/aromatic N) is 1. The van der Waals surface area contributed by atoms with Crippen LogP contribution in [0.2, 0.25) is 0 Å². The highest BCUT2D eigenvalue weighted by Crippen LogP contribution is 2.02. The molecule has 0 radical (unpaired) electrons. The number of aryl methyl sites for hydroxylation is 1. The van der Waals surface area contributed by atoms with E-state index in [2.05, 4.69) is 10.3 Å². The molecule has 19 heavy (non-hydrogen) atoms. The first-order valence-electron chi connectivity index (χ1n) is 6.01. The number of carboxylic acids is 1. The second-order valence-corrected chi connectivity index (χ2v) is 4.16. The molecule has 104 valence electrons. The van der Waals surface area contributed by atoms with E-state index in [0.717, 1.165) is 0 Å². The number of rotatable bonds is 7. The lowest BCUT2D eigenvalue weighted by Gasteiger charge is -2.14. The van der Waals surface area contributed by atoms with Crippen LogP contribution in [0.25, 0.3) is 0 Å². The van der Waals surface area contributed by atoms with Gasteiger partial charge in [0.2, 0.25) is 0 Å². The summed E-state index contributed by atoms with van der Waals surface area (Å²) in [5.41, 5.74) is 0.928. The summed E-state index contributed by atoms with van der Waals surface area (Å²) in [5.74, 6) is -1.54. The molecule has 0 aliphatic rings. The van der Waals surface area contributed by atoms with Crippen molar-refractivity contribution in [2.24, 2.45) is 0 Å². The molecule has 0 saturated carbocycles. The minimum absolute atomic E-state index is 0.220. The van der Waals surface area contributed by atoms with Crippen LogP contribution < -0.4 is 5.32 Å². The predicted octanol–water partition coefficient (Wildman–Crippen LogP) is 1.000. The molecule has 1 amide bonds. The van der Waals surface area contributed by atoms with Crippen LogP contribution in [0.15, 0.2) is 18.2 Å². The summed E-state index contributed by atoms with van der Waals surface area (Å²) in [6, 6.07) is 4.10. The Morgan fingerprint density at radius 3 is 2.79 bits per heavy atom. The molecule has 1 heterocycles. The van der Waals surface area contributed by atoms with E-state index in [1.54, 1.807) is 32.2 Å². The number of methoxy groups -OCH3 is 1. The fraction of sp³-hybridized carbons (Fsp3) is 0.462. The molecule has 6 heteroatoms. The van der Waals surface area contributed by atoms with Crippen LogP contribution in [0.5, 0.6) is 0 Å². The van der Waals surface area contributed by atoms with Gasteiger partial charge in [-0.3, -0.25) is 4.79 Å². The number of hydrogen-bond donors (Lipinski definition) is 2. The minimum Gasteiger partial charge on any atom is -0.480 e. The molecule has 2 N–H and O–H groups in total. The molecule has 1 rings (SSSR count). The first-order chi connectivity index (χ1) is 9.04. The Morgan fingerprint density at radius 2 is 2.21 bits per heavy atom. The lowest BCUT2D eigenvalue weighted by molar-refractivity contribution is -0.139. The third kappa shape index (κ3) is 5.05. The van der Waals surface area contributed by atoms with Gasteiger partial charge in [-0.15, -0.1) is 0 Å². The summed E-state index contributed by atoms with van der Waals surface area (Å²) in [4.78, 5) is 27.0. The molecule has 1 aromatic heterocycles. The lowest BCUT2D eigenvalue weighted by Crippen LogP contribution is -2.41. The van der Waals surface area contributed by atoms with Crippen LogP contribution >= 0.6 is 0 Å². The second-order valence-electron chi connectivity index (χ2n) is 4.16. The maximum absolute atomic E-state index is 11.9. The Hall–Kier alpha value is -1.95. The molecule has 0 aliphatic carbocycles. The first kappa shape index (κ1) is 15.1. The third-order valence-corrected chi connectivity index (χ3v) is 2.57. The Kier molecular flexibility index (Phi) is 5.95. The second kappa shape index (κ2) is 7.48. The monoisotopic (exact) mass is 266 g/mol. The smallest absolute Gasteiger partial charge is 0.326 e. The zero-order chi connectivity index (χ0) is 14.3. The number of aliphatic carboxylic acids is 1. The summed E-state index contributed by atoms with van der Waals surface area (Å²) in [5, 5.41) is 11.5. The van der Waals surface area contributed by atoms with Crippen LogP contribution in [-0.2, 0) is 9.53 Å². The maximum atomic E-state index is 11.9. The van der Waals surface area contributed by atoms with Gasteiger partial charge in [0.1, 0.15) is 11.7 Å². The van der Waals surface area contributed by atoms with Crippen molar-refractivity contribution in [2.75, 3.05) is 13.7 Å². The van der Waals surface area contributed by atoms with Crippen molar-refractivity contribution in [3.63, 3.8) is 0 Å². The van der Waals surface area contributed by atoms with Crippen LogP contribution in [0, 0.1) is 6.92 Å². The van der Waals surface area contributed by atoms with Crippen molar-refractivity contribution in [2.45, 2.75) is 25.8 Å². The maximum Gasteiger partial charge on any atom is 0.326 e. The Balaban J connectivity index is 2.63. The molecule has 0 aromatic carbocycles. The van der Waals surface area contributed by atoms with Crippen molar-refractivity contribution in [1.29, 1.82) is 0 Å². The average molecular weight is 266 g/mol. The SMILES string of the molecule is COCCCC(NC(=O)c1cccc(C)n1)C(=O)O. The van der Waals surface area contributed by atoms with Crippen molar-refractivity contribution < 1.29 is 19.4 Å². The van der Waals surface area contributed by atoms with Gasteiger partial charge < -0.3 is 15.2 Å². The summed E-state index contributed by atoms with van der Waals surface area (Å²) < 4.78 is 4.86. The molecule has 0 spiro atoms. The third-order valence-electron chi connectivity index (χ3n) is 2.57. The number of pyridine rings is 1. The lowest BCUT2D eigenvalue weighted by atomic mass is 10.1. The van der Waals surface area contributed by atoms with Crippen LogP contribution in [0.1, 0.15) is 29.0 Å². The van der Waals surface area contributed by atoms with Crippen molar-refractivity contribution in [3.8, 4) is 0 Å². The minimum atomic E-state index is -1.06. The first-order valence-corrected chi connectivity index (χ1v) is 6.01. The number of carboxylic acid groups (broad SMARTS) is 1. The number of ether oxygens (including phenoxy) is 1. The zero-order valence-corrected chi connectivity index (χ0v) is 11.0. The fourth-order valence-electron chi connectivity index (χ4n) is 1.59. The molecule has 1 aromatic rings. The summed E-state index contributed by atoms with van der Waals surface area (Å²) >= 11 is 0. The quantitative estimate of drug-likeness (QED) is 0.719. The van der Waals surface area contributed by atoms with Gasteiger partial charge in [0.25, 0.3) is 5.91 Å². The van der Waals surface area contributed by atoms with Gasteiger partial charge in [-0.2, -0.15) is 0 Å². The highest BCUT2D eigenvalue weighted by atomic mass is 16.5. The number of aromatic nitrogens is 1. The number of carbonyl (C=O) groups excluding carboxylic acids is 1. The highest BCUT2D eigenvalue weighted by Gasteiger charge is 2.20. The largest absolute Gasteiger partial charge is 0.480 e. The van der Waals surface area contributed by atoms with E-state index < -0.39 is 17.9 Å². The molecule has 1 unspecified atom stereocenters. The molecular formula is C13H18N2O4. The van der Waals surface area contributed by atoms with Gasteiger partial charge in [0.05, 0.1) is 0 Å². The van der Waals surface area contributed by atoms with Gasteiger partial charge in [0, 0.05) is 19.4 Å². The van der Waals surface area contributed by atoms with Crippen LogP contribution in [-0.4, -0.2) is 41.7 Å². The number of amides is 1. The van der Waals surface area contributed by atoms with Gasteiger partial charge in [-0.1, -0.05) is 6.07 Å². The average Bonchev–Trinajstić information content (AvgIpc) is 2.37. The van der Waals surface area contributed by atoms with Crippen LogP contribution in [0.4, 0.5) is 0 Å². The topological polar surface area (TPSA) is 88.5 Å². The summed E-state index contributed by atoms with van der Waals surface area (Å²) in [6.07, 6.45) is 0.885. The van der Waals surface area contributed by atoms with E-state index in [-0.39, 0.29) is 5.69 Å². The Labute approximate surface area is 111 Å². The van der Waals surface area contributed by atoms with Crippen molar-refractivity contribution in [1.82, 2.24) is 10.3 Å². The van der Waals surface area contributed by atoms with E-state index >= 15 is 0 Å². The Morgan fingerprint density at radius 1 is 1.47 bits per heavy atom. The Bertz CT molecular complexity index is 448. The molecule has 0 aliphatic heterocycles. The van der Waals surface area contributed by atoms with Gasteiger partial charge in [-0.25, -0.2) is 9.78 Å². The van der Waals surface area contributed by atoms with E-state index in [1.807, 2.05) is 0 Å². The van der Waals surface area contributed by atoms with E-state index in [1.165, 1.54) is 0 Å². The highest BCUT2D eigenvalue weighted by molar-refractivity contribution is 5.94. The van der Waals surface area contributed by atoms with Crippen LogP contribution in [0.3, 0.4) is 0 Å². The molecule has 0 fully saturated rings. The molecule has 6 nitrogen and oxygen atoms in total. The van der Waals surface area contributed by atoms with Crippen molar-refractivity contribution >= 4 is 11.9 Å². The van der Waals surface area contributed by atoms with E-state index in [9.17, 15) is 9.59 Å². The molecule has 1 atom stereocenters. The summed E-state index contributed by atoms with van der Waals surface area (Å²) in [6.45, 7) is 2.23. The fourth-order valence-corrected chi connectivity index (χ4v) is 1.59. The predicted molar refractivity (Wildman–Crippen MR) is 69.0 cm³/mol. The normalized spacial score (nSPS) is 11.9. The molecule has 0 bridgehead atoms. The van der Waals surface area contributed by atoms with E-state index in [4.69, 9.17) is 9.84 Å². The number of hydrogen-bond acceptors (Lipinski definition) is 4.